The van der Waals surface area contributed by atoms with Crippen LogP contribution in [0.2, 0.25) is 0 Å². The second-order valence-electron chi connectivity index (χ2n) is 3.81. The standard InChI is InChI=1S/C13H9N3/c1-16-8-13-11(6-9(16)7-14)10-4-2-3-5-12(10)15-13/h2-6,8H,1H3. The Labute approximate surface area is 92.9 Å². The topological polar surface area (TPSA) is 41.6 Å². The summed E-state index contributed by atoms with van der Waals surface area (Å²) >= 11 is 0. The second kappa shape index (κ2) is 3.07. The molecule has 0 bridgehead atoms. The summed E-state index contributed by atoms with van der Waals surface area (Å²) in [4.78, 5) is 4.52. The number of fused-ring (bicyclic) bond motifs is 3. The number of hydrogen-bond donors (Lipinski definition) is 0. The van der Waals surface area contributed by atoms with Gasteiger partial charge in [-0.3, -0.25) is 0 Å². The van der Waals surface area contributed by atoms with Gasteiger partial charge in [0.2, 0.25) is 0 Å². The van der Waals surface area contributed by atoms with Crippen molar-refractivity contribution in [1.29, 1.82) is 5.26 Å². The van der Waals surface area contributed by atoms with Crippen molar-refractivity contribution in [1.82, 2.24) is 9.55 Å². The lowest BCUT2D eigenvalue weighted by Gasteiger charge is -2.05. The van der Waals surface area contributed by atoms with E-state index in [-0.39, 0.29) is 0 Å². The maximum Gasteiger partial charge on any atom is 0.120 e. The maximum atomic E-state index is 9.00. The largest absolute Gasteiger partial charge is 0.340 e. The highest BCUT2D eigenvalue weighted by Crippen LogP contribution is 2.31. The van der Waals surface area contributed by atoms with Crippen molar-refractivity contribution in [3.05, 3.63) is 42.2 Å². The molecular formula is C13H9N3. The number of hydrogen-bond acceptors (Lipinski definition) is 2. The first-order valence-corrected chi connectivity index (χ1v) is 5.04. The van der Waals surface area contributed by atoms with Gasteiger partial charge in [-0.2, -0.15) is 5.26 Å². The van der Waals surface area contributed by atoms with Crippen LogP contribution in [-0.4, -0.2) is 9.55 Å². The van der Waals surface area contributed by atoms with Crippen LogP contribution in [0, 0.1) is 11.3 Å². The molecule has 1 aromatic rings. The zero-order valence-electron chi connectivity index (χ0n) is 8.81. The van der Waals surface area contributed by atoms with E-state index >= 15 is 0 Å². The SMILES string of the molecule is Cn1cc2nc3ccccc3c-2cc1C#N. The average Bonchev–Trinajstić information content (AvgIpc) is 2.65. The molecule has 0 unspecified atom stereocenters. The smallest absolute Gasteiger partial charge is 0.120 e. The van der Waals surface area contributed by atoms with Gasteiger partial charge in [-0.05, 0) is 12.1 Å². The summed E-state index contributed by atoms with van der Waals surface area (Å²) in [5.74, 6) is 0. The molecular weight excluding hydrogens is 198 g/mol. The van der Waals surface area contributed by atoms with Crippen molar-refractivity contribution < 1.29 is 0 Å². The zero-order valence-corrected chi connectivity index (χ0v) is 8.81. The van der Waals surface area contributed by atoms with Gasteiger partial charge in [0.25, 0.3) is 0 Å². The Bertz CT molecular complexity index is 688. The number of aromatic nitrogens is 2. The third-order valence-corrected chi connectivity index (χ3v) is 2.80. The fourth-order valence-electron chi connectivity index (χ4n) is 1.98. The van der Waals surface area contributed by atoms with E-state index in [1.807, 2.05) is 43.6 Å². The fraction of sp³-hybridized carbons (Fsp3) is 0.0769. The van der Waals surface area contributed by atoms with Gasteiger partial charge in [-0.15, -0.1) is 0 Å². The number of para-hydroxylation sites is 1. The first kappa shape index (κ1) is 8.93. The Kier molecular flexibility index (Phi) is 1.72. The second-order valence-corrected chi connectivity index (χ2v) is 3.81. The molecule has 2 aliphatic heterocycles. The molecule has 0 amide bonds. The molecule has 0 aromatic heterocycles. The van der Waals surface area contributed by atoms with E-state index in [9.17, 15) is 0 Å². The normalized spacial score (nSPS) is 10.8. The molecule has 3 nitrogen and oxygen atoms in total. The van der Waals surface area contributed by atoms with Crippen molar-refractivity contribution in [2.24, 2.45) is 7.05 Å². The summed E-state index contributed by atoms with van der Waals surface area (Å²) < 4.78 is 1.80. The highest BCUT2D eigenvalue weighted by Gasteiger charge is 2.13. The highest BCUT2D eigenvalue weighted by molar-refractivity contribution is 5.97. The summed E-state index contributed by atoms with van der Waals surface area (Å²) in [6, 6.07) is 12.1. The van der Waals surface area contributed by atoms with Crippen LogP contribution in [0.1, 0.15) is 5.69 Å². The van der Waals surface area contributed by atoms with Crippen molar-refractivity contribution >= 4 is 10.9 Å². The molecule has 0 spiro atoms. The Balaban J connectivity index is 2.49. The number of aryl methyl sites for hydroxylation is 1. The van der Waals surface area contributed by atoms with Gasteiger partial charge in [0.05, 0.1) is 11.2 Å². The summed E-state index contributed by atoms with van der Waals surface area (Å²) in [5.41, 5.74) is 3.60. The summed E-state index contributed by atoms with van der Waals surface area (Å²) in [6.45, 7) is 0. The van der Waals surface area contributed by atoms with Crippen LogP contribution in [0.5, 0.6) is 0 Å². The van der Waals surface area contributed by atoms with Gasteiger partial charge in [-0.1, -0.05) is 18.2 Å². The minimum Gasteiger partial charge on any atom is -0.340 e. The quantitative estimate of drug-likeness (QED) is 0.568. The first-order valence-electron chi connectivity index (χ1n) is 5.04. The molecule has 76 valence electrons. The number of rotatable bonds is 0. The van der Waals surface area contributed by atoms with Gasteiger partial charge >= 0.3 is 0 Å². The van der Waals surface area contributed by atoms with Gasteiger partial charge in [0.15, 0.2) is 0 Å². The van der Waals surface area contributed by atoms with E-state index in [0.717, 1.165) is 22.2 Å². The van der Waals surface area contributed by atoms with Gasteiger partial charge in [0, 0.05) is 24.2 Å². The van der Waals surface area contributed by atoms with E-state index in [4.69, 9.17) is 5.26 Å². The van der Waals surface area contributed by atoms with Gasteiger partial charge in [0.1, 0.15) is 11.8 Å². The lowest BCUT2D eigenvalue weighted by atomic mass is 10.1. The predicted molar refractivity (Wildman–Crippen MR) is 62.1 cm³/mol. The molecule has 0 fully saturated rings. The summed E-state index contributed by atoms with van der Waals surface area (Å²) in [6.07, 6.45) is 1.90. The van der Waals surface area contributed by atoms with Gasteiger partial charge in [-0.25, -0.2) is 4.98 Å². The third kappa shape index (κ3) is 1.10. The molecule has 2 heterocycles. The van der Waals surface area contributed by atoms with Crippen molar-refractivity contribution in [3.8, 4) is 17.3 Å². The Morgan fingerprint density at radius 1 is 1.31 bits per heavy atom. The molecule has 0 saturated carbocycles. The molecule has 16 heavy (non-hydrogen) atoms. The third-order valence-electron chi connectivity index (χ3n) is 2.80. The van der Waals surface area contributed by atoms with Crippen LogP contribution < -0.4 is 0 Å². The number of nitrogens with zero attached hydrogens (tertiary/aromatic N) is 3. The van der Waals surface area contributed by atoms with Crippen LogP contribution in [0.4, 0.5) is 0 Å². The molecule has 0 saturated heterocycles. The molecule has 0 radical (unpaired) electrons. The van der Waals surface area contributed by atoms with Crippen LogP contribution >= 0.6 is 0 Å². The van der Waals surface area contributed by atoms with Crippen LogP contribution in [0.15, 0.2) is 36.5 Å². The van der Waals surface area contributed by atoms with Crippen molar-refractivity contribution in [2.45, 2.75) is 0 Å². The minimum absolute atomic E-state index is 0.644. The Hall–Kier alpha value is -2.34. The fourth-order valence-corrected chi connectivity index (χ4v) is 1.98. The summed E-state index contributed by atoms with van der Waals surface area (Å²) in [7, 11) is 1.86. The van der Waals surface area contributed by atoms with E-state index in [2.05, 4.69) is 11.1 Å². The van der Waals surface area contributed by atoms with E-state index < -0.39 is 0 Å². The first-order chi connectivity index (χ1) is 7.79. The molecule has 0 N–H and O–H groups in total. The molecule has 1 aromatic carbocycles. The van der Waals surface area contributed by atoms with Crippen LogP contribution in [0.25, 0.3) is 22.2 Å². The summed E-state index contributed by atoms with van der Waals surface area (Å²) in [5, 5.41) is 10.1. The molecule has 0 atom stereocenters. The average molecular weight is 207 g/mol. The minimum atomic E-state index is 0.644. The van der Waals surface area contributed by atoms with Crippen LogP contribution in [-0.2, 0) is 7.05 Å². The Morgan fingerprint density at radius 2 is 2.12 bits per heavy atom. The zero-order chi connectivity index (χ0) is 11.1. The number of nitriles is 1. The molecule has 2 aliphatic rings. The Morgan fingerprint density at radius 3 is 2.94 bits per heavy atom. The lowest BCUT2D eigenvalue weighted by Crippen LogP contribution is -1.98. The highest BCUT2D eigenvalue weighted by atomic mass is 14.9. The van der Waals surface area contributed by atoms with Gasteiger partial charge < -0.3 is 4.57 Å². The van der Waals surface area contributed by atoms with E-state index in [1.165, 1.54) is 0 Å². The van der Waals surface area contributed by atoms with Crippen molar-refractivity contribution in [2.75, 3.05) is 0 Å². The molecule has 3 heteroatoms. The molecule has 0 aliphatic carbocycles. The lowest BCUT2D eigenvalue weighted by molar-refractivity contribution is 0.882. The number of pyridine rings is 1. The number of benzene rings is 1. The maximum absolute atomic E-state index is 9.00. The van der Waals surface area contributed by atoms with E-state index in [1.54, 1.807) is 4.57 Å². The predicted octanol–water partition coefficient (Wildman–Crippen LogP) is 2.55. The van der Waals surface area contributed by atoms with Crippen LogP contribution in [0.3, 0.4) is 0 Å². The van der Waals surface area contributed by atoms with Crippen molar-refractivity contribution in [3.63, 3.8) is 0 Å². The molecule has 3 rings (SSSR count). The monoisotopic (exact) mass is 207 g/mol. The van der Waals surface area contributed by atoms with E-state index in [0.29, 0.717) is 5.69 Å².